The fraction of sp³-hybridized carbons (Fsp3) is 0.500. The minimum absolute atomic E-state index is 0. The molecule has 2 aromatic rings. The van der Waals surface area contributed by atoms with E-state index >= 15 is 0 Å². The average molecular weight is 440 g/mol. The van der Waals surface area contributed by atoms with Gasteiger partial charge in [0.2, 0.25) is 0 Å². The van der Waals surface area contributed by atoms with E-state index in [1.54, 1.807) is 0 Å². The van der Waals surface area contributed by atoms with E-state index in [1.807, 2.05) is 64.1 Å². The van der Waals surface area contributed by atoms with Gasteiger partial charge in [0.1, 0.15) is 11.5 Å². The summed E-state index contributed by atoms with van der Waals surface area (Å²) in [6, 6.07) is 11.5. The van der Waals surface area contributed by atoms with Gasteiger partial charge >= 0.3 is 37.4 Å². The molecule has 0 bridgehead atoms. The molecular formula is C24H34NaO4P. The van der Waals surface area contributed by atoms with Gasteiger partial charge in [-0.1, -0.05) is 79.7 Å². The maximum absolute atomic E-state index is 12.9. The van der Waals surface area contributed by atoms with Crippen molar-refractivity contribution < 1.29 is 48.1 Å². The van der Waals surface area contributed by atoms with Crippen molar-refractivity contribution in [1.29, 1.82) is 0 Å². The Kier molecular flexibility index (Phi) is 10.2. The van der Waals surface area contributed by atoms with Gasteiger partial charge in [0.15, 0.2) is 0 Å². The van der Waals surface area contributed by atoms with Crippen molar-refractivity contribution in [2.45, 2.75) is 79.1 Å². The second-order valence-electron chi connectivity index (χ2n) is 8.84. The van der Waals surface area contributed by atoms with Crippen LogP contribution in [-0.2, 0) is 4.57 Å². The largest absolute Gasteiger partial charge is 1.00 e. The van der Waals surface area contributed by atoms with Crippen LogP contribution < -0.4 is 43.5 Å². The SMILES string of the molecule is CC(C)c1ccc(C(C)C)c(OP(=O)([O-])Oc2cc(C(C)C)ccc2C(C)C)c1.[Na+]. The van der Waals surface area contributed by atoms with E-state index in [0.29, 0.717) is 11.5 Å². The van der Waals surface area contributed by atoms with Crippen LogP contribution in [0.4, 0.5) is 0 Å². The zero-order chi connectivity index (χ0) is 21.9. The van der Waals surface area contributed by atoms with Gasteiger partial charge in [-0.15, -0.1) is 0 Å². The first-order valence-corrected chi connectivity index (χ1v) is 11.8. The van der Waals surface area contributed by atoms with Gasteiger partial charge in [0, 0.05) is 0 Å². The van der Waals surface area contributed by atoms with Crippen molar-refractivity contribution in [2.24, 2.45) is 0 Å². The zero-order valence-electron chi connectivity index (χ0n) is 19.9. The Morgan fingerprint density at radius 1 is 0.667 bits per heavy atom. The molecule has 0 heterocycles. The molecule has 0 saturated carbocycles. The van der Waals surface area contributed by atoms with Crippen LogP contribution in [0.25, 0.3) is 0 Å². The molecule has 0 aliphatic carbocycles. The zero-order valence-corrected chi connectivity index (χ0v) is 22.7. The van der Waals surface area contributed by atoms with Crippen LogP contribution in [0.15, 0.2) is 36.4 Å². The molecule has 160 valence electrons. The quantitative estimate of drug-likeness (QED) is 0.458. The molecule has 0 N–H and O–H groups in total. The number of hydrogen-bond donors (Lipinski definition) is 0. The molecule has 0 saturated heterocycles. The molecule has 30 heavy (non-hydrogen) atoms. The van der Waals surface area contributed by atoms with E-state index < -0.39 is 7.82 Å². The van der Waals surface area contributed by atoms with Gasteiger partial charge < -0.3 is 13.9 Å². The Morgan fingerprint density at radius 3 is 1.27 bits per heavy atom. The number of hydrogen-bond acceptors (Lipinski definition) is 4. The summed E-state index contributed by atoms with van der Waals surface area (Å²) in [7, 11) is -4.62. The standard InChI is InChI=1S/C24H35O4P.Na/c1-15(2)19-9-11-21(17(5)6)23(13-19)27-29(25,26)28-24-14-20(16(3)4)10-12-22(24)18(7)8;/h9-18H,1-8H3,(H,25,26);/q;+1/p-1. The summed E-state index contributed by atoms with van der Waals surface area (Å²) in [6.45, 7) is 16.3. The summed E-state index contributed by atoms with van der Waals surface area (Å²) in [6.07, 6.45) is 0. The predicted octanol–water partition coefficient (Wildman–Crippen LogP) is 4.11. The molecular weight excluding hydrogens is 406 g/mol. The molecule has 0 spiro atoms. The molecule has 2 rings (SSSR count). The van der Waals surface area contributed by atoms with Gasteiger partial charge in [-0.2, -0.15) is 0 Å². The van der Waals surface area contributed by atoms with Crippen LogP contribution in [0.5, 0.6) is 11.5 Å². The molecule has 0 unspecified atom stereocenters. The monoisotopic (exact) mass is 440 g/mol. The van der Waals surface area contributed by atoms with Crippen LogP contribution in [0, 0.1) is 0 Å². The Labute approximate surface area is 204 Å². The summed E-state index contributed by atoms with van der Waals surface area (Å²) in [4.78, 5) is 12.9. The third-order valence-corrected chi connectivity index (χ3v) is 5.91. The third kappa shape index (κ3) is 7.14. The predicted molar refractivity (Wildman–Crippen MR) is 118 cm³/mol. The van der Waals surface area contributed by atoms with Crippen LogP contribution in [0.1, 0.15) is 101 Å². The van der Waals surface area contributed by atoms with Crippen molar-refractivity contribution in [1.82, 2.24) is 0 Å². The molecule has 0 aromatic heterocycles. The van der Waals surface area contributed by atoms with Crippen LogP contribution >= 0.6 is 7.82 Å². The molecule has 0 aliphatic rings. The van der Waals surface area contributed by atoms with Crippen LogP contribution in [0.2, 0.25) is 0 Å². The minimum atomic E-state index is -4.62. The van der Waals surface area contributed by atoms with Crippen molar-refractivity contribution >= 4 is 7.82 Å². The average Bonchev–Trinajstić information content (AvgIpc) is 2.60. The molecule has 0 amide bonds. The van der Waals surface area contributed by atoms with E-state index in [-0.39, 0.29) is 53.2 Å². The Bertz CT molecular complexity index is 821. The number of benzene rings is 2. The summed E-state index contributed by atoms with van der Waals surface area (Å²) in [5.74, 6) is 1.47. The van der Waals surface area contributed by atoms with E-state index in [9.17, 15) is 9.46 Å². The van der Waals surface area contributed by atoms with Gasteiger partial charge in [-0.3, -0.25) is 0 Å². The molecule has 0 fully saturated rings. The third-order valence-electron chi connectivity index (χ3n) is 5.07. The fourth-order valence-corrected chi connectivity index (χ4v) is 4.03. The molecule has 0 aliphatic heterocycles. The van der Waals surface area contributed by atoms with Gasteiger partial charge in [0.05, 0.1) is 0 Å². The van der Waals surface area contributed by atoms with E-state index in [1.165, 1.54) is 0 Å². The topological polar surface area (TPSA) is 58.6 Å². The number of phosphoric acid groups is 1. The molecule has 6 heteroatoms. The van der Waals surface area contributed by atoms with Crippen molar-refractivity contribution in [3.05, 3.63) is 58.7 Å². The van der Waals surface area contributed by atoms with E-state index in [0.717, 1.165) is 22.3 Å². The summed E-state index contributed by atoms with van der Waals surface area (Å²) < 4.78 is 23.9. The smallest absolute Gasteiger partial charge is 0.736 e. The maximum Gasteiger partial charge on any atom is 1.00 e. The first kappa shape index (κ1) is 27.3. The Balaban J connectivity index is 0.00000450. The van der Waals surface area contributed by atoms with E-state index in [2.05, 4.69) is 27.7 Å². The first-order chi connectivity index (χ1) is 13.4. The second-order valence-corrected chi connectivity index (χ2v) is 10.1. The van der Waals surface area contributed by atoms with Gasteiger partial charge in [0.25, 0.3) is 0 Å². The number of phosphoric ester groups is 1. The first-order valence-electron chi connectivity index (χ1n) is 10.4. The van der Waals surface area contributed by atoms with Gasteiger partial charge in [-0.05, 0) is 58.1 Å². The molecule has 2 aromatic carbocycles. The van der Waals surface area contributed by atoms with E-state index in [4.69, 9.17) is 9.05 Å². The van der Waals surface area contributed by atoms with Crippen molar-refractivity contribution in [2.75, 3.05) is 0 Å². The van der Waals surface area contributed by atoms with Crippen molar-refractivity contribution in [3.8, 4) is 11.5 Å². The minimum Gasteiger partial charge on any atom is -0.736 e. The van der Waals surface area contributed by atoms with Crippen molar-refractivity contribution in [3.63, 3.8) is 0 Å². The Morgan fingerprint density at radius 2 is 1.00 bits per heavy atom. The summed E-state index contributed by atoms with van der Waals surface area (Å²) >= 11 is 0. The molecule has 0 radical (unpaired) electrons. The molecule has 0 atom stereocenters. The fourth-order valence-electron chi connectivity index (χ4n) is 3.19. The second kappa shape index (κ2) is 11.2. The number of rotatable bonds is 8. The van der Waals surface area contributed by atoms with Crippen LogP contribution in [-0.4, -0.2) is 0 Å². The maximum atomic E-state index is 12.9. The van der Waals surface area contributed by atoms with Crippen LogP contribution in [0.3, 0.4) is 0 Å². The van der Waals surface area contributed by atoms with Gasteiger partial charge in [-0.25, -0.2) is 4.57 Å². The summed E-state index contributed by atoms with van der Waals surface area (Å²) in [5.41, 5.74) is 3.73. The summed E-state index contributed by atoms with van der Waals surface area (Å²) in [5, 5.41) is 0. The normalized spacial score (nSPS) is 11.9. The molecule has 4 nitrogen and oxygen atoms in total. The Hall–Kier alpha value is -0.770.